The van der Waals surface area contributed by atoms with Crippen molar-refractivity contribution in [2.75, 3.05) is 17.6 Å². The lowest BCUT2D eigenvalue weighted by molar-refractivity contribution is 0.0698. The molecule has 0 radical (unpaired) electrons. The van der Waals surface area contributed by atoms with Crippen molar-refractivity contribution in [2.45, 2.75) is 6.42 Å². The number of hydrogen-bond donors (Lipinski definition) is 3. The van der Waals surface area contributed by atoms with Crippen molar-refractivity contribution in [3.63, 3.8) is 0 Å². The SMILES string of the molecule is Nc1ccc(C(=O)O)c(NCCc2cscn2)c1. The van der Waals surface area contributed by atoms with E-state index in [2.05, 4.69) is 10.3 Å². The Kier molecular flexibility index (Phi) is 3.78. The van der Waals surface area contributed by atoms with E-state index in [4.69, 9.17) is 10.8 Å². The van der Waals surface area contributed by atoms with Gasteiger partial charge in [0.25, 0.3) is 0 Å². The second-order valence-corrected chi connectivity index (χ2v) is 4.49. The lowest BCUT2D eigenvalue weighted by Crippen LogP contribution is -2.10. The molecule has 0 atom stereocenters. The second-order valence-electron chi connectivity index (χ2n) is 3.77. The molecular weight excluding hydrogens is 250 g/mol. The minimum atomic E-state index is -0.967. The highest BCUT2D eigenvalue weighted by molar-refractivity contribution is 7.07. The summed E-state index contributed by atoms with van der Waals surface area (Å²) in [5, 5.41) is 14.1. The number of carbonyl (C=O) groups is 1. The molecule has 6 heteroatoms. The maximum absolute atomic E-state index is 11.0. The van der Waals surface area contributed by atoms with Crippen LogP contribution in [0.2, 0.25) is 0 Å². The molecule has 0 unspecified atom stereocenters. The van der Waals surface area contributed by atoms with Crippen molar-refractivity contribution in [1.82, 2.24) is 4.98 Å². The summed E-state index contributed by atoms with van der Waals surface area (Å²) in [7, 11) is 0. The van der Waals surface area contributed by atoms with Gasteiger partial charge in [0, 0.05) is 24.0 Å². The lowest BCUT2D eigenvalue weighted by atomic mass is 10.1. The van der Waals surface area contributed by atoms with Crippen molar-refractivity contribution in [3.05, 3.63) is 40.3 Å². The predicted molar refractivity (Wildman–Crippen MR) is 72.1 cm³/mol. The number of rotatable bonds is 5. The number of aromatic carboxylic acids is 1. The van der Waals surface area contributed by atoms with Crippen LogP contribution in [-0.4, -0.2) is 22.6 Å². The van der Waals surface area contributed by atoms with Crippen LogP contribution in [0.15, 0.2) is 29.1 Å². The zero-order valence-electron chi connectivity index (χ0n) is 9.59. The number of nitrogens with one attached hydrogen (secondary N) is 1. The van der Waals surface area contributed by atoms with Gasteiger partial charge in [-0.1, -0.05) is 0 Å². The molecule has 1 aromatic carbocycles. The Hall–Kier alpha value is -2.08. The Balaban J connectivity index is 2.03. The fourth-order valence-corrected chi connectivity index (χ4v) is 2.17. The summed E-state index contributed by atoms with van der Waals surface area (Å²) in [5.41, 5.74) is 9.72. The number of carboxylic acid groups (broad SMARTS) is 1. The number of hydrogen-bond acceptors (Lipinski definition) is 5. The van der Waals surface area contributed by atoms with Gasteiger partial charge < -0.3 is 16.2 Å². The van der Waals surface area contributed by atoms with Crippen LogP contribution in [0.25, 0.3) is 0 Å². The van der Waals surface area contributed by atoms with Gasteiger partial charge in [0.2, 0.25) is 0 Å². The molecule has 0 aliphatic rings. The average Bonchev–Trinajstić information content (AvgIpc) is 2.82. The van der Waals surface area contributed by atoms with Crippen molar-refractivity contribution in [1.29, 1.82) is 0 Å². The number of thiazole rings is 1. The number of nitrogen functional groups attached to an aromatic ring is 1. The van der Waals surface area contributed by atoms with Crippen LogP contribution in [0, 0.1) is 0 Å². The molecule has 0 fully saturated rings. The summed E-state index contributed by atoms with van der Waals surface area (Å²) in [4.78, 5) is 15.2. The van der Waals surface area contributed by atoms with Crippen LogP contribution >= 0.6 is 11.3 Å². The van der Waals surface area contributed by atoms with Crippen LogP contribution in [-0.2, 0) is 6.42 Å². The smallest absolute Gasteiger partial charge is 0.337 e. The fraction of sp³-hybridized carbons (Fsp3) is 0.167. The highest BCUT2D eigenvalue weighted by Gasteiger charge is 2.09. The first-order valence-electron chi connectivity index (χ1n) is 5.40. The van der Waals surface area contributed by atoms with E-state index < -0.39 is 5.97 Å². The maximum atomic E-state index is 11.0. The summed E-state index contributed by atoms with van der Waals surface area (Å²) in [5.74, 6) is -0.967. The normalized spacial score (nSPS) is 10.2. The topological polar surface area (TPSA) is 88.2 Å². The van der Waals surface area contributed by atoms with Gasteiger partial charge in [-0.05, 0) is 18.2 Å². The summed E-state index contributed by atoms with van der Waals surface area (Å²) in [6.07, 6.45) is 0.747. The monoisotopic (exact) mass is 263 g/mol. The molecule has 4 N–H and O–H groups in total. The van der Waals surface area contributed by atoms with Crippen LogP contribution < -0.4 is 11.1 Å². The van der Waals surface area contributed by atoms with Crippen LogP contribution in [0.5, 0.6) is 0 Å². The Morgan fingerprint density at radius 1 is 1.50 bits per heavy atom. The first-order valence-corrected chi connectivity index (χ1v) is 6.35. The van der Waals surface area contributed by atoms with Gasteiger partial charge in [0.15, 0.2) is 0 Å². The van der Waals surface area contributed by atoms with Crippen molar-refractivity contribution in [3.8, 4) is 0 Å². The molecule has 2 rings (SSSR count). The zero-order valence-corrected chi connectivity index (χ0v) is 10.4. The highest BCUT2D eigenvalue weighted by atomic mass is 32.1. The van der Waals surface area contributed by atoms with Crippen molar-refractivity contribution < 1.29 is 9.90 Å². The number of aromatic nitrogens is 1. The number of nitrogens with two attached hydrogens (primary N) is 1. The average molecular weight is 263 g/mol. The minimum Gasteiger partial charge on any atom is -0.478 e. The van der Waals surface area contributed by atoms with Gasteiger partial charge >= 0.3 is 5.97 Å². The highest BCUT2D eigenvalue weighted by Crippen LogP contribution is 2.19. The third-order valence-electron chi connectivity index (χ3n) is 2.45. The predicted octanol–water partition coefficient (Wildman–Crippen LogP) is 2.08. The van der Waals surface area contributed by atoms with E-state index >= 15 is 0 Å². The Bertz CT molecular complexity index is 540. The third-order valence-corrected chi connectivity index (χ3v) is 3.09. The van der Waals surface area contributed by atoms with E-state index in [9.17, 15) is 4.79 Å². The van der Waals surface area contributed by atoms with E-state index in [1.165, 1.54) is 6.07 Å². The number of carboxylic acids is 1. The molecule has 0 amide bonds. The molecule has 0 bridgehead atoms. The molecular formula is C12H13N3O2S. The Morgan fingerprint density at radius 3 is 3.00 bits per heavy atom. The zero-order chi connectivity index (χ0) is 13.0. The number of benzene rings is 1. The Morgan fingerprint density at radius 2 is 2.33 bits per heavy atom. The minimum absolute atomic E-state index is 0.225. The molecule has 94 valence electrons. The molecule has 0 aliphatic carbocycles. The summed E-state index contributed by atoms with van der Waals surface area (Å²) >= 11 is 1.54. The van der Waals surface area contributed by atoms with Gasteiger partial charge in [-0.15, -0.1) is 11.3 Å². The number of nitrogens with zero attached hydrogens (tertiary/aromatic N) is 1. The largest absolute Gasteiger partial charge is 0.478 e. The fourth-order valence-electron chi connectivity index (χ4n) is 1.58. The number of anilines is 2. The maximum Gasteiger partial charge on any atom is 0.337 e. The first-order chi connectivity index (χ1) is 8.66. The van der Waals surface area contributed by atoms with Crippen LogP contribution in [0.1, 0.15) is 16.1 Å². The molecule has 1 heterocycles. The summed E-state index contributed by atoms with van der Waals surface area (Å²) < 4.78 is 0. The molecule has 0 spiro atoms. The molecule has 0 saturated heterocycles. The van der Waals surface area contributed by atoms with E-state index in [1.54, 1.807) is 29.0 Å². The quantitative estimate of drug-likeness (QED) is 0.719. The van der Waals surface area contributed by atoms with Gasteiger partial charge in [0.1, 0.15) is 0 Å². The van der Waals surface area contributed by atoms with Crippen LogP contribution in [0.4, 0.5) is 11.4 Å². The summed E-state index contributed by atoms with van der Waals surface area (Å²) in [6, 6.07) is 4.71. The van der Waals surface area contributed by atoms with Gasteiger partial charge in [-0.3, -0.25) is 0 Å². The standard InChI is InChI=1S/C12H13N3O2S/c13-8-1-2-10(12(16)17)11(5-8)14-4-3-9-6-18-7-15-9/h1-2,5-7,14H,3-4,13H2,(H,16,17). The molecule has 2 aromatic rings. The van der Waals surface area contributed by atoms with Gasteiger partial charge in [0.05, 0.1) is 22.5 Å². The molecule has 5 nitrogen and oxygen atoms in total. The molecule has 0 saturated carbocycles. The lowest BCUT2D eigenvalue weighted by Gasteiger charge is -2.09. The van der Waals surface area contributed by atoms with E-state index in [-0.39, 0.29) is 5.56 Å². The molecule has 18 heavy (non-hydrogen) atoms. The molecule has 0 aliphatic heterocycles. The van der Waals surface area contributed by atoms with Crippen molar-refractivity contribution >= 4 is 28.7 Å². The summed E-state index contributed by atoms with van der Waals surface area (Å²) in [6.45, 7) is 0.619. The third kappa shape index (κ3) is 2.98. The van der Waals surface area contributed by atoms with E-state index in [0.717, 1.165) is 12.1 Å². The van der Waals surface area contributed by atoms with Crippen LogP contribution in [0.3, 0.4) is 0 Å². The van der Waals surface area contributed by atoms with E-state index in [1.807, 2.05) is 5.38 Å². The Labute approximate surface area is 108 Å². The van der Waals surface area contributed by atoms with E-state index in [0.29, 0.717) is 17.9 Å². The molecule has 1 aromatic heterocycles. The second kappa shape index (κ2) is 5.50. The van der Waals surface area contributed by atoms with Gasteiger partial charge in [-0.2, -0.15) is 0 Å². The first kappa shape index (κ1) is 12.4. The van der Waals surface area contributed by atoms with Crippen molar-refractivity contribution in [2.24, 2.45) is 0 Å². The van der Waals surface area contributed by atoms with Gasteiger partial charge in [-0.25, -0.2) is 9.78 Å².